The third kappa shape index (κ3) is 5.40. The number of hydrogen-bond acceptors (Lipinski definition) is 5. The van der Waals surface area contributed by atoms with Crippen molar-refractivity contribution in [1.82, 2.24) is 4.31 Å². The molecule has 0 aliphatic heterocycles. The molecular weight excluding hydrogens is 440 g/mol. The lowest BCUT2D eigenvalue weighted by atomic mass is 10.1. The molecule has 0 heterocycles. The van der Waals surface area contributed by atoms with Crippen molar-refractivity contribution in [3.05, 3.63) is 71.8 Å². The van der Waals surface area contributed by atoms with E-state index in [0.717, 1.165) is 10.8 Å². The summed E-state index contributed by atoms with van der Waals surface area (Å²) in [7, 11) is -3.73. The molecule has 8 heteroatoms. The first kappa shape index (κ1) is 24.4. The molecule has 1 N–H and O–H groups in total. The Morgan fingerprint density at radius 3 is 2.30 bits per heavy atom. The first-order valence-electron chi connectivity index (χ1n) is 10.8. The molecule has 0 bridgehead atoms. The number of carbonyl (C=O) groups is 2. The molecule has 0 fully saturated rings. The molecule has 0 aliphatic rings. The maximum absolute atomic E-state index is 12.8. The molecule has 0 spiro atoms. The summed E-state index contributed by atoms with van der Waals surface area (Å²) in [5, 5.41) is 4.77. The van der Waals surface area contributed by atoms with Crippen LogP contribution < -0.4 is 5.32 Å². The van der Waals surface area contributed by atoms with E-state index in [4.69, 9.17) is 4.74 Å². The fourth-order valence-electron chi connectivity index (χ4n) is 3.48. The fourth-order valence-corrected chi connectivity index (χ4v) is 4.97. The van der Waals surface area contributed by atoms with Crippen LogP contribution in [0.25, 0.3) is 10.8 Å². The average molecular weight is 469 g/mol. The molecule has 33 heavy (non-hydrogen) atoms. The Kier molecular flexibility index (Phi) is 7.50. The van der Waals surface area contributed by atoms with Crippen molar-refractivity contribution < 1.29 is 22.7 Å². The Hall–Kier alpha value is -3.23. The molecule has 1 atom stereocenters. The molecular formula is C25H28N2O5S. The highest BCUT2D eigenvalue weighted by molar-refractivity contribution is 7.89. The number of nitrogens with zero attached hydrogens (tertiary/aromatic N) is 1. The Morgan fingerprint density at radius 2 is 1.64 bits per heavy atom. The van der Waals surface area contributed by atoms with Crippen molar-refractivity contribution in [3.8, 4) is 0 Å². The Labute approximate surface area is 194 Å². The minimum absolute atomic E-state index is 0.0111. The predicted molar refractivity (Wildman–Crippen MR) is 129 cm³/mol. The molecule has 0 aromatic heterocycles. The zero-order valence-corrected chi connectivity index (χ0v) is 20.0. The third-order valence-electron chi connectivity index (χ3n) is 5.44. The van der Waals surface area contributed by atoms with E-state index in [1.54, 1.807) is 32.9 Å². The van der Waals surface area contributed by atoms with Crippen molar-refractivity contribution >= 4 is 38.4 Å². The van der Waals surface area contributed by atoms with Gasteiger partial charge in [-0.2, -0.15) is 4.31 Å². The molecule has 0 saturated carbocycles. The first-order chi connectivity index (χ1) is 15.7. The maximum atomic E-state index is 12.8. The number of anilines is 1. The van der Waals surface area contributed by atoms with Crippen LogP contribution in [0.5, 0.6) is 0 Å². The lowest BCUT2D eigenvalue weighted by Crippen LogP contribution is -2.31. The summed E-state index contributed by atoms with van der Waals surface area (Å²) >= 11 is 0. The first-order valence-corrected chi connectivity index (χ1v) is 12.2. The van der Waals surface area contributed by atoms with E-state index in [1.807, 2.05) is 36.4 Å². The van der Waals surface area contributed by atoms with E-state index in [-0.39, 0.29) is 10.5 Å². The lowest BCUT2D eigenvalue weighted by Gasteiger charge is -2.19. The second-order valence-corrected chi connectivity index (χ2v) is 9.60. The molecule has 7 nitrogen and oxygen atoms in total. The summed E-state index contributed by atoms with van der Waals surface area (Å²) in [6.45, 7) is 7.29. The molecule has 0 saturated heterocycles. The van der Waals surface area contributed by atoms with Gasteiger partial charge < -0.3 is 10.1 Å². The number of benzene rings is 3. The van der Waals surface area contributed by atoms with Gasteiger partial charge in [-0.15, -0.1) is 0 Å². The van der Waals surface area contributed by atoms with Gasteiger partial charge in [0.1, 0.15) is 0 Å². The topological polar surface area (TPSA) is 92.8 Å². The minimum atomic E-state index is -3.73. The van der Waals surface area contributed by atoms with Crippen molar-refractivity contribution in [2.45, 2.75) is 38.7 Å². The van der Waals surface area contributed by atoms with Crippen LogP contribution in [-0.2, 0) is 19.6 Å². The van der Waals surface area contributed by atoms with Crippen LogP contribution in [0.2, 0.25) is 0 Å². The van der Waals surface area contributed by atoms with Gasteiger partial charge >= 0.3 is 5.97 Å². The number of rotatable bonds is 8. The van der Waals surface area contributed by atoms with Gasteiger partial charge in [-0.1, -0.05) is 50.2 Å². The zero-order valence-electron chi connectivity index (χ0n) is 19.2. The Bertz CT molecular complexity index is 1280. The van der Waals surface area contributed by atoms with E-state index < -0.39 is 28.0 Å². The molecule has 174 valence electrons. The number of amides is 1. The number of fused-ring (bicyclic) bond motifs is 1. The van der Waals surface area contributed by atoms with E-state index in [1.165, 1.54) is 23.4 Å². The summed E-state index contributed by atoms with van der Waals surface area (Å²) < 4.78 is 32.3. The van der Waals surface area contributed by atoms with Crippen LogP contribution >= 0.6 is 0 Å². The quantitative estimate of drug-likeness (QED) is 0.496. The molecule has 0 radical (unpaired) electrons. The molecule has 3 aromatic rings. The molecule has 1 amide bonds. The number of aryl methyl sites for hydroxylation is 1. The second-order valence-electron chi connectivity index (χ2n) is 7.66. The van der Waals surface area contributed by atoms with Crippen LogP contribution in [0.3, 0.4) is 0 Å². The highest BCUT2D eigenvalue weighted by Gasteiger charge is 2.25. The summed E-state index contributed by atoms with van der Waals surface area (Å²) in [5.41, 5.74) is 1.25. The number of sulfonamides is 1. The van der Waals surface area contributed by atoms with Crippen LogP contribution in [0.15, 0.2) is 65.6 Å². The molecule has 0 aliphatic carbocycles. The Balaban J connectivity index is 1.75. The van der Waals surface area contributed by atoms with Gasteiger partial charge in [-0.25, -0.2) is 13.2 Å². The smallest absolute Gasteiger partial charge is 0.339 e. The van der Waals surface area contributed by atoms with Crippen molar-refractivity contribution in [1.29, 1.82) is 0 Å². The summed E-state index contributed by atoms with van der Waals surface area (Å²) in [6.07, 6.45) is -1.08. The van der Waals surface area contributed by atoms with Gasteiger partial charge in [0.25, 0.3) is 5.91 Å². The normalized spacial score (nSPS) is 12.5. The predicted octanol–water partition coefficient (Wildman–Crippen LogP) is 4.36. The second kappa shape index (κ2) is 10.1. The lowest BCUT2D eigenvalue weighted by molar-refractivity contribution is -0.123. The van der Waals surface area contributed by atoms with Gasteiger partial charge in [0.15, 0.2) is 6.10 Å². The summed E-state index contributed by atoms with van der Waals surface area (Å²) in [4.78, 5) is 25.4. The number of hydrogen-bond donors (Lipinski definition) is 1. The molecule has 3 rings (SSSR count). The summed E-state index contributed by atoms with van der Waals surface area (Å²) in [5.74, 6) is -1.24. The highest BCUT2D eigenvalue weighted by Crippen LogP contribution is 2.22. The van der Waals surface area contributed by atoms with E-state index in [2.05, 4.69) is 5.32 Å². The highest BCUT2D eigenvalue weighted by atomic mass is 32.2. The van der Waals surface area contributed by atoms with E-state index >= 15 is 0 Å². The van der Waals surface area contributed by atoms with Crippen molar-refractivity contribution in [2.24, 2.45) is 0 Å². The van der Waals surface area contributed by atoms with Gasteiger partial charge in [0.05, 0.1) is 10.5 Å². The fraction of sp³-hybridized carbons (Fsp3) is 0.280. The Morgan fingerprint density at radius 1 is 0.970 bits per heavy atom. The van der Waals surface area contributed by atoms with Crippen molar-refractivity contribution in [3.63, 3.8) is 0 Å². The zero-order chi connectivity index (χ0) is 24.2. The van der Waals surface area contributed by atoms with Gasteiger partial charge in [0, 0.05) is 18.8 Å². The number of nitrogens with one attached hydrogen (secondary N) is 1. The number of ether oxygens (including phenoxy) is 1. The largest absolute Gasteiger partial charge is 0.449 e. The van der Waals surface area contributed by atoms with Crippen LogP contribution in [-0.4, -0.2) is 43.8 Å². The SMILES string of the molecule is CCN(CC)S(=O)(=O)c1ccc(C)c(C(=O)OC(C)C(=O)Nc2ccc3ccccc3c2)c1. The summed E-state index contributed by atoms with van der Waals surface area (Å²) in [6, 6.07) is 17.6. The van der Waals surface area contributed by atoms with Crippen LogP contribution in [0.4, 0.5) is 5.69 Å². The number of carbonyl (C=O) groups excluding carboxylic acids is 2. The number of esters is 1. The standard InChI is InChI=1S/C25H28N2O5S/c1-5-27(6-2)33(30,31)22-14-11-17(3)23(16-22)25(29)32-18(4)24(28)26-21-13-12-19-9-7-8-10-20(19)15-21/h7-16,18H,5-6H2,1-4H3,(H,26,28). The maximum Gasteiger partial charge on any atom is 0.339 e. The molecule has 3 aromatic carbocycles. The van der Waals surface area contributed by atoms with Gasteiger partial charge in [-0.3, -0.25) is 4.79 Å². The van der Waals surface area contributed by atoms with E-state index in [9.17, 15) is 18.0 Å². The average Bonchev–Trinajstić information content (AvgIpc) is 2.79. The van der Waals surface area contributed by atoms with E-state index in [0.29, 0.717) is 24.3 Å². The minimum Gasteiger partial charge on any atom is -0.449 e. The monoisotopic (exact) mass is 468 g/mol. The van der Waals surface area contributed by atoms with Gasteiger partial charge in [-0.05, 0) is 54.4 Å². The van der Waals surface area contributed by atoms with Gasteiger partial charge in [0.2, 0.25) is 10.0 Å². The van der Waals surface area contributed by atoms with Crippen LogP contribution in [0.1, 0.15) is 36.7 Å². The van der Waals surface area contributed by atoms with Crippen molar-refractivity contribution in [2.75, 3.05) is 18.4 Å². The molecule has 1 unspecified atom stereocenters. The third-order valence-corrected chi connectivity index (χ3v) is 7.49. The van der Waals surface area contributed by atoms with Crippen LogP contribution in [0, 0.1) is 6.92 Å².